The van der Waals surface area contributed by atoms with E-state index in [1.54, 1.807) is 0 Å². The van der Waals surface area contributed by atoms with Gasteiger partial charge in [0, 0.05) is 12.8 Å². The van der Waals surface area contributed by atoms with Crippen LogP contribution in [0.1, 0.15) is 114 Å². The van der Waals surface area contributed by atoms with E-state index in [-0.39, 0.29) is 17.2 Å². The zero-order valence-electron chi connectivity index (χ0n) is 36.5. The molecular weight excluding hydrogens is 733 g/mol. The summed E-state index contributed by atoms with van der Waals surface area (Å²) in [7, 11) is -2.32. The van der Waals surface area contributed by atoms with Gasteiger partial charge in [0.1, 0.15) is 12.2 Å². The van der Waals surface area contributed by atoms with Crippen LogP contribution in [0.15, 0.2) is 121 Å². The molecule has 0 fully saturated rings. The van der Waals surface area contributed by atoms with Gasteiger partial charge in [-0.2, -0.15) is 0 Å². The Kier molecular flexibility index (Phi) is 21.6. The molecule has 0 unspecified atom stereocenters. The van der Waals surface area contributed by atoms with E-state index in [0.29, 0.717) is 45.9 Å². The zero-order chi connectivity index (χ0) is 41.3. The van der Waals surface area contributed by atoms with E-state index < -0.39 is 20.5 Å². The predicted octanol–water partition coefficient (Wildman–Crippen LogP) is 13.3. The van der Waals surface area contributed by atoms with Crippen molar-refractivity contribution in [1.82, 2.24) is 0 Å². The van der Waals surface area contributed by atoms with Crippen LogP contribution in [-0.4, -0.2) is 39.3 Å². The summed E-state index contributed by atoms with van der Waals surface area (Å²) in [6.07, 6.45) is 9.63. The topological polar surface area (TPSA) is 46.2 Å². The highest BCUT2D eigenvalue weighted by Crippen LogP contribution is 2.39. The SMILES string of the molecule is CCCCCCCCC[C@H](C[C@@H](O[Si](C)(C)C(C)(C)C)[C@@H](OCc1ccccc1)[C@H](C#CCCOCc1ccccc1)OCc1ccccc1)OCc1ccccc1. The zero-order valence-corrected chi connectivity index (χ0v) is 37.5. The molecule has 58 heavy (non-hydrogen) atoms. The molecule has 0 aliphatic rings. The summed E-state index contributed by atoms with van der Waals surface area (Å²) in [6.45, 7) is 16.3. The molecule has 0 radical (unpaired) electrons. The summed E-state index contributed by atoms with van der Waals surface area (Å²) in [5, 5.41) is -0.0176. The molecule has 0 heterocycles. The van der Waals surface area contributed by atoms with Crippen LogP contribution in [0.5, 0.6) is 0 Å². The van der Waals surface area contributed by atoms with Crippen LogP contribution >= 0.6 is 0 Å². The molecule has 0 aromatic heterocycles. The Morgan fingerprint density at radius 3 is 1.55 bits per heavy atom. The first-order valence-corrected chi connectivity index (χ1v) is 24.8. The van der Waals surface area contributed by atoms with Crippen molar-refractivity contribution in [3.8, 4) is 11.8 Å². The minimum absolute atomic E-state index is 0.0176. The molecule has 4 rings (SSSR count). The average molecular weight is 805 g/mol. The summed E-state index contributed by atoms with van der Waals surface area (Å²) < 4.78 is 34.3. The van der Waals surface area contributed by atoms with Gasteiger partial charge in [0.25, 0.3) is 0 Å². The lowest BCUT2D eigenvalue weighted by molar-refractivity contribution is -0.122. The van der Waals surface area contributed by atoms with Crippen LogP contribution in [0.25, 0.3) is 0 Å². The molecule has 4 aromatic carbocycles. The Morgan fingerprint density at radius 2 is 1.03 bits per heavy atom. The normalized spacial score (nSPS) is 14.0. The number of hydrogen-bond donors (Lipinski definition) is 0. The molecule has 6 heteroatoms. The first-order chi connectivity index (χ1) is 28.1. The molecule has 4 atom stereocenters. The summed E-state index contributed by atoms with van der Waals surface area (Å²) in [5.74, 6) is 7.00. The molecule has 0 bridgehead atoms. The first kappa shape index (κ1) is 47.1. The highest BCUT2D eigenvalue weighted by molar-refractivity contribution is 6.74. The van der Waals surface area contributed by atoms with Gasteiger partial charge < -0.3 is 23.4 Å². The molecular formula is C52H72O5Si. The minimum atomic E-state index is -2.32. The van der Waals surface area contributed by atoms with Gasteiger partial charge >= 0.3 is 0 Å². The highest BCUT2D eigenvalue weighted by atomic mass is 28.4. The number of benzene rings is 4. The van der Waals surface area contributed by atoms with E-state index in [1.807, 2.05) is 30.3 Å². The van der Waals surface area contributed by atoms with Crippen molar-refractivity contribution in [3.05, 3.63) is 144 Å². The van der Waals surface area contributed by atoms with Gasteiger partial charge in [0.15, 0.2) is 8.32 Å². The third kappa shape index (κ3) is 18.2. The maximum Gasteiger partial charge on any atom is 0.192 e. The standard InChI is InChI=1S/C52H72O5Si/c1-7-8-9-10-11-12-25-36-48(54-41-45-30-19-14-20-31-45)39-50(57-58(5,6)52(2,3)4)51(56-43-47-34-23-16-24-35-47)49(55-42-46-32-21-15-22-33-46)37-26-27-38-53-40-44-28-17-13-18-29-44/h13-24,28-35,48-51H,7-12,25,27,36,38-43H2,1-6H3/t48-,49+,50-,51+/m1/s1. The van der Waals surface area contributed by atoms with Crippen molar-refractivity contribution in [3.63, 3.8) is 0 Å². The summed E-state index contributed by atoms with van der Waals surface area (Å²) in [5.41, 5.74) is 4.52. The fourth-order valence-electron chi connectivity index (χ4n) is 6.65. The van der Waals surface area contributed by atoms with Gasteiger partial charge in [-0.3, -0.25) is 0 Å². The summed E-state index contributed by atoms with van der Waals surface area (Å²) >= 11 is 0. The maximum atomic E-state index is 7.50. The molecule has 0 spiro atoms. The molecule has 0 N–H and O–H groups in total. The molecule has 0 saturated heterocycles. The predicted molar refractivity (Wildman–Crippen MR) is 243 cm³/mol. The van der Waals surface area contributed by atoms with Gasteiger partial charge in [-0.25, -0.2) is 0 Å². The number of ether oxygens (including phenoxy) is 4. The highest BCUT2D eigenvalue weighted by Gasteiger charge is 2.43. The van der Waals surface area contributed by atoms with Gasteiger partial charge in [-0.05, 0) is 46.8 Å². The van der Waals surface area contributed by atoms with Crippen LogP contribution in [-0.2, 0) is 49.8 Å². The van der Waals surface area contributed by atoms with Crippen LogP contribution < -0.4 is 0 Å². The minimum Gasteiger partial charge on any atom is -0.411 e. The van der Waals surface area contributed by atoms with Gasteiger partial charge in [-0.15, -0.1) is 0 Å². The van der Waals surface area contributed by atoms with Crippen molar-refractivity contribution in [2.24, 2.45) is 0 Å². The summed E-state index contributed by atoms with van der Waals surface area (Å²) in [6, 6.07) is 41.5. The molecule has 314 valence electrons. The summed E-state index contributed by atoms with van der Waals surface area (Å²) in [4.78, 5) is 0. The fourth-order valence-corrected chi connectivity index (χ4v) is 7.99. The fraction of sp³-hybridized carbons (Fsp3) is 0.500. The van der Waals surface area contributed by atoms with Crippen LogP contribution in [0, 0.1) is 11.8 Å². The number of rotatable bonds is 27. The Labute approximate surface area is 353 Å². The van der Waals surface area contributed by atoms with Crippen LogP contribution in [0.2, 0.25) is 18.1 Å². The number of hydrogen-bond acceptors (Lipinski definition) is 5. The molecule has 0 aliphatic carbocycles. The molecule has 0 saturated carbocycles. The molecule has 0 amide bonds. The lowest BCUT2D eigenvalue weighted by atomic mass is 9.97. The average Bonchev–Trinajstić information content (AvgIpc) is 3.23. The molecule has 0 aliphatic heterocycles. The second kappa shape index (κ2) is 26.5. The lowest BCUT2D eigenvalue weighted by Crippen LogP contribution is -2.52. The Bertz CT molecular complexity index is 1680. The smallest absolute Gasteiger partial charge is 0.192 e. The van der Waals surface area contributed by atoms with Crippen molar-refractivity contribution < 1.29 is 23.4 Å². The Hall–Kier alpha value is -3.54. The Morgan fingerprint density at radius 1 is 0.569 bits per heavy atom. The lowest BCUT2D eigenvalue weighted by Gasteiger charge is -2.43. The maximum absolute atomic E-state index is 7.50. The number of unbranched alkanes of at least 4 members (excludes halogenated alkanes) is 6. The Balaban J connectivity index is 1.67. The second-order valence-electron chi connectivity index (χ2n) is 17.1. The van der Waals surface area contributed by atoms with Crippen LogP contribution in [0.3, 0.4) is 0 Å². The first-order valence-electron chi connectivity index (χ1n) is 21.9. The second-order valence-corrected chi connectivity index (χ2v) is 21.8. The van der Waals surface area contributed by atoms with Crippen molar-refractivity contribution in [2.45, 2.75) is 161 Å². The van der Waals surface area contributed by atoms with Gasteiger partial charge in [0.05, 0.1) is 45.2 Å². The third-order valence-electron chi connectivity index (χ3n) is 11.2. The molecule has 4 aromatic rings. The van der Waals surface area contributed by atoms with Crippen molar-refractivity contribution in [2.75, 3.05) is 6.61 Å². The van der Waals surface area contributed by atoms with E-state index >= 15 is 0 Å². The van der Waals surface area contributed by atoms with Crippen LogP contribution in [0.4, 0.5) is 0 Å². The van der Waals surface area contributed by atoms with Crippen molar-refractivity contribution in [1.29, 1.82) is 0 Å². The monoisotopic (exact) mass is 805 g/mol. The van der Waals surface area contributed by atoms with Gasteiger partial charge in [-0.1, -0.05) is 206 Å². The van der Waals surface area contributed by atoms with E-state index in [1.165, 1.54) is 44.1 Å². The van der Waals surface area contributed by atoms with Gasteiger partial charge in [0.2, 0.25) is 0 Å². The van der Waals surface area contributed by atoms with E-state index in [9.17, 15) is 0 Å². The van der Waals surface area contributed by atoms with E-state index in [4.69, 9.17) is 23.4 Å². The molecule has 5 nitrogen and oxygen atoms in total. The van der Waals surface area contributed by atoms with E-state index in [0.717, 1.165) is 29.5 Å². The quantitative estimate of drug-likeness (QED) is 0.0341. The largest absolute Gasteiger partial charge is 0.411 e. The van der Waals surface area contributed by atoms with Crippen molar-refractivity contribution >= 4 is 8.32 Å². The van der Waals surface area contributed by atoms with E-state index in [2.05, 4.69) is 144 Å². The third-order valence-corrected chi connectivity index (χ3v) is 15.7.